The first-order chi connectivity index (χ1) is 7.40. The predicted octanol–water partition coefficient (Wildman–Crippen LogP) is 3.07. The lowest BCUT2D eigenvalue weighted by molar-refractivity contribution is 0.111. The zero-order valence-corrected chi connectivity index (χ0v) is 8.82. The molecule has 0 atom stereocenters. The van der Waals surface area contributed by atoms with E-state index in [1.165, 1.54) is 19.3 Å². The van der Waals surface area contributed by atoms with Crippen molar-refractivity contribution in [2.45, 2.75) is 25.7 Å². The summed E-state index contributed by atoms with van der Waals surface area (Å²) in [5.41, 5.74) is 0.645. The molecule has 2 heteroatoms. The summed E-state index contributed by atoms with van der Waals surface area (Å²) in [5, 5.41) is 0. The number of hydrogen-bond donors (Lipinski definition) is 0. The summed E-state index contributed by atoms with van der Waals surface area (Å²) in [6.45, 7) is 0.732. The van der Waals surface area contributed by atoms with Gasteiger partial charge in [0, 0.05) is 0 Å². The van der Waals surface area contributed by atoms with Crippen LogP contribution in [0.15, 0.2) is 24.3 Å². The fourth-order valence-electron chi connectivity index (χ4n) is 1.83. The number of hydrogen-bond acceptors (Lipinski definition) is 2. The molecular weight excluding hydrogens is 188 g/mol. The van der Waals surface area contributed by atoms with Crippen molar-refractivity contribution in [3.8, 4) is 5.75 Å². The highest BCUT2D eigenvalue weighted by molar-refractivity contribution is 5.79. The molecule has 0 heterocycles. The molecule has 2 nitrogen and oxygen atoms in total. The molecule has 0 aliphatic heterocycles. The second-order valence-electron chi connectivity index (χ2n) is 4.09. The van der Waals surface area contributed by atoms with Gasteiger partial charge in [-0.1, -0.05) is 31.4 Å². The van der Waals surface area contributed by atoms with Crippen LogP contribution < -0.4 is 4.74 Å². The minimum Gasteiger partial charge on any atom is -0.493 e. The lowest BCUT2D eigenvalue weighted by Crippen LogP contribution is -2.14. The van der Waals surface area contributed by atoms with Gasteiger partial charge in [0.25, 0.3) is 0 Å². The largest absolute Gasteiger partial charge is 0.493 e. The van der Waals surface area contributed by atoms with E-state index >= 15 is 0 Å². The minimum atomic E-state index is 0.645. The Morgan fingerprint density at radius 1 is 1.33 bits per heavy atom. The lowest BCUT2D eigenvalue weighted by Gasteiger charge is -2.25. The van der Waals surface area contributed by atoms with Gasteiger partial charge < -0.3 is 4.74 Å². The topological polar surface area (TPSA) is 26.3 Å². The standard InChI is InChI=1S/C13H16O2/c14-10-12-6-1-2-7-13(12)15-9-8-11-4-3-5-11/h1-2,6-7,10-11H,3-5,8-9H2. The van der Waals surface area contributed by atoms with E-state index in [0.717, 1.165) is 25.2 Å². The van der Waals surface area contributed by atoms with Gasteiger partial charge in [-0.2, -0.15) is 0 Å². The number of benzene rings is 1. The molecule has 1 aromatic carbocycles. The minimum absolute atomic E-state index is 0.645. The van der Waals surface area contributed by atoms with Crippen LogP contribution in [0.25, 0.3) is 0 Å². The van der Waals surface area contributed by atoms with E-state index in [0.29, 0.717) is 11.3 Å². The zero-order chi connectivity index (χ0) is 10.5. The van der Waals surface area contributed by atoms with Crippen LogP contribution in [0.2, 0.25) is 0 Å². The maximum atomic E-state index is 10.7. The maximum Gasteiger partial charge on any atom is 0.153 e. The van der Waals surface area contributed by atoms with Crippen LogP contribution >= 0.6 is 0 Å². The summed E-state index contributed by atoms with van der Waals surface area (Å²) in [6, 6.07) is 7.38. The van der Waals surface area contributed by atoms with Crippen LogP contribution in [0.1, 0.15) is 36.0 Å². The van der Waals surface area contributed by atoms with Gasteiger partial charge >= 0.3 is 0 Å². The fraction of sp³-hybridized carbons (Fsp3) is 0.462. The maximum absolute atomic E-state index is 10.7. The first-order valence-electron chi connectivity index (χ1n) is 5.57. The highest BCUT2D eigenvalue weighted by atomic mass is 16.5. The molecule has 1 aliphatic rings. The predicted molar refractivity (Wildman–Crippen MR) is 59.3 cm³/mol. The molecule has 0 saturated heterocycles. The van der Waals surface area contributed by atoms with Crippen molar-refractivity contribution in [2.75, 3.05) is 6.61 Å². The Balaban J connectivity index is 1.83. The van der Waals surface area contributed by atoms with Crippen molar-refractivity contribution in [3.63, 3.8) is 0 Å². The quantitative estimate of drug-likeness (QED) is 0.689. The molecule has 0 amide bonds. The van der Waals surface area contributed by atoms with E-state index in [1.807, 2.05) is 18.2 Å². The van der Waals surface area contributed by atoms with Crippen LogP contribution in [-0.2, 0) is 0 Å². The Morgan fingerprint density at radius 2 is 2.13 bits per heavy atom. The SMILES string of the molecule is O=Cc1ccccc1OCCC1CCC1. The third-order valence-electron chi connectivity index (χ3n) is 3.05. The van der Waals surface area contributed by atoms with Crippen molar-refractivity contribution in [2.24, 2.45) is 5.92 Å². The number of carbonyl (C=O) groups is 1. The van der Waals surface area contributed by atoms with Crippen molar-refractivity contribution in [3.05, 3.63) is 29.8 Å². The third kappa shape index (κ3) is 2.58. The molecule has 1 saturated carbocycles. The van der Waals surface area contributed by atoms with E-state index in [2.05, 4.69) is 0 Å². The third-order valence-corrected chi connectivity index (χ3v) is 3.05. The van der Waals surface area contributed by atoms with Crippen LogP contribution in [0.4, 0.5) is 0 Å². The second kappa shape index (κ2) is 4.96. The van der Waals surface area contributed by atoms with E-state index in [1.54, 1.807) is 6.07 Å². The van der Waals surface area contributed by atoms with Gasteiger partial charge in [0.15, 0.2) is 6.29 Å². The van der Waals surface area contributed by atoms with Crippen LogP contribution in [-0.4, -0.2) is 12.9 Å². The summed E-state index contributed by atoms with van der Waals surface area (Å²) < 4.78 is 5.60. The van der Waals surface area contributed by atoms with Crippen molar-refractivity contribution in [1.82, 2.24) is 0 Å². The highest BCUT2D eigenvalue weighted by Gasteiger charge is 2.16. The number of ether oxygens (including phenoxy) is 1. The molecule has 0 radical (unpaired) electrons. The summed E-state index contributed by atoms with van der Waals surface area (Å²) in [7, 11) is 0. The van der Waals surface area contributed by atoms with Gasteiger partial charge in [-0.25, -0.2) is 0 Å². The Labute approximate surface area is 90.3 Å². The number of carbonyl (C=O) groups excluding carboxylic acids is 1. The summed E-state index contributed by atoms with van der Waals surface area (Å²) in [4.78, 5) is 10.7. The first kappa shape index (κ1) is 10.2. The van der Waals surface area contributed by atoms with Gasteiger partial charge in [0.1, 0.15) is 5.75 Å². The van der Waals surface area contributed by atoms with Crippen molar-refractivity contribution < 1.29 is 9.53 Å². The fourth-order valence-corrected chi connectivity index (χ4v) is 1.83. The lowest BCUT2D eigenvalue weighted by atomic mass is 9.83. The molecule has 0 unspecified atom stereocenters. The molecule has 0 spiro atoms. The van der Waals surface area contributed by atoms with Gasteiger partial charge in [-0.05, 0) is 24.5 Å². The van der Waals surface area contributed by atoms with E-state index in [4.69, 9.17) is 4.74 Å². The molecular formula is C13H16O2. The average molecular weight is 204 g/mol. The van der Waals surface area contributed by atoms with Crippen molar-refractivity contribution in [1.29, 1.82) is 0 Å². The van der Waals surface area contributed by atoms with Crippen molar-refractivity contribution >= 4 is 6.29 Å². The van der Waals surface area contributed by atoms with E-state index in [9.17, 15) is 4.79 Å². The average Bonchev–Trinajstić information content (AvgIpc) is 2.22. The molecule has 15 heavy (non-hydrogen) atoms. The molecule has 0 N–H and O–H groups in total. The van der Waals surface area contributed by atoms with Gasteiger partial charge in [0.2, 0.25) is 0 Å². The molecule has 1 aliphatic carbocycles. The van der Waals surface area contributed by atoms with E-state index in [-0.39, 0.29) is 0 Å². The number of para-hydroxylation sites is 1. The molecule has 1 aromatic rings. The highest BCUT2D eigenvalue weighted by Crippen LogP contribution is 2.29. The Kier molecular flexibility index (Phi) is 3.38. The Bertz CT molecular complexity index is 329. The summed E-state index contributed by atoms with van der Waals surface area (Å²) in [5.74, 6) is 1.57. The van der Waals surface area contributed by atoms with Gasteiger partial charge in [0.05, 0.1) is 12.2 Å². The zero-order valence-electron chi connectivity index (χ0n) is 8.82. The molecule has 2 rings (SSSR count). The summed E-state index contributed by atoms with van der Waals surface area (Å²) >= 11 is 0. The molecule has 0 aromatic heterocycles. The van der Waals surface area contributed by atoms with Gasteiger partial charge in [-0.15, -0.1) is 0 Å². The number of aldehydes is 1. The van der Waals surface area contributed by atoms with Crippen LogP contribution in [0.5, 0.6) is 5.75 Å². The molecule has 80 valence electrons. The second-order valence-corrected chi connectivity index (χ2v) is 4.09. The first-order valence-corrected chi connectivity index (χ1v) is 5.57. The summed E-state index contributed by atoms with van der Waals surface area (Å²) in [6.07, 6.45) is 6.03. The Morgan fingerprint density at radius 3 is 2.80 bits per heavy atom. The molecule has 1 fully saturated rings. The normalized spacial score (nSPS) is 15.7. The molecule has 0 bridgehead atoms. The smallest absolute Gasteiger partial charge is 0.153 e. The van der Waals surface area contributed by atoms with E-state index < -0.39 is 0 Å². The monoisotopic (exact) mass is 204 g/mol. The van der Waals surface area contributed by atoms with Gasteiger partial charge in [-0.3, -0.25) is 4.79 Å². The number of rotatable bonds is 5. The van der Waals surface area contributed by atoms with Crippen LogP contribution in [0.3, 0.4) is 0 Å². The Hall–Kier alpha value is -1.31. The van der Waals surface area contributed by atoms with Crippen LogP contribution in [0, 0.1) is 5.92 Å².